The molecule has 3 unspecified atom stereocenters. The largest absolute Gasteiger partial charge is 0.444 e. The fraction of sp³-hybridized carbons (Fsp3) is 0.941. The van der Waals surface area contributed by atoms with E-state index in [0.717, 1.165) is 52.0 Å². The Bertz CT molecular complexity index is 361. The van der Waals surface area contributed by atoms with Gasteiger partial charge in [0.15, 0.2) is 0 Å². The van der Waals surface area contributed by atoms with Crippen LogP contribution in [0.2, 0.25) is 0 Å². The topological polar surface area (TPSA) is 50.8 Å². The van der Waals surface area contributed by atoms with Gasteiger partial charge in [-0.2, -0.15) is 0 Å². The lowest BCUT2D eigenvalue weighted by Gasteiger charge is -2.27. The predicted molar refractivity (Wildman–Crippen MR) is 87.0 cm³/mol. The van der Waals surface area contributed by atoms with Gasteiger partial charge in [0, 0.05) is 31.8 Å². The molecule has 3 atom stereocenters. The third-order valence-corrected chi connectivity index (χ3v) is 4.55. The lowest BCUT2D eigenvalue weighted by molar-refractivity contribution is 0.0256. The van der Waals surface area contributed by atoms with Crippen LogP contribution in [0.1, 0.15) is 53.4 Å². The molecule has 2 heterocycles. The molecule has 0 aromatic rings. The number of likely N-dealkylation sites (tertiary alicyclic amines) is 1. The maximum absolute atomic E-state index is 12.2. The van der Waals surface area contributed by atoms with Gasteiger partial charge in [-0.05, 0) is 59.3 Å². The van der Waals surface area contributed by atoms with Gasteiger partial charge in [0.2, 0.25) is 0 Å². The highest BCUT2D eigenvalue weighted by atomic mass is 16.6. The van der Waals surface area contributed by atoms with Crippen molar-refractivity contribution in [2.45, 2.75) is 71.1 Å². The number of ether oxygens (including phenoxy) is 2. The number of carbonyl (C=O) groups is 1. The molecule has 2 fully saturated rings. The van der Waals surface area contributed by atoms with E-state index in [1.807, 2.05) is 25.7 Å². The number of hydrogen-bond donors (Lipinski definition) is 1. The minimum Gasteiger partial charge on any atom is -0.444 e. The quantitative estimate of drug-likeness (QED) is 0.870. The minimum absolute atomic E-state index is 0.176. The van der Waals surface area contributed by atoms with E-state index >= 15 is 0 Å². The van der Waals surface area contributed by atoms with Gasteiger partial charge in [-0.3, -0.25) is 0 Å². The van der Waals surface area contributed by atoms with Crippen LogP contribution in [0, 0.1) is 5.92 Å². The summed E-state index contributed by atoms with van der Waals surface area (Å²) >= 11 is 0. The van der Waals surface area contributed by atoms with E-state index in [2.05, 4.69) is 12.2 Å². The predicted octanol–water partition coefficient (Wildman–Crippen LogP) is 2.79. The highest BCUT2D eigenvalue weighted by Gasteiger charge is 2.28. The fourth-order valence-electron chi connectivity index (χ4n) is 3.23. The van der Waals surface area contributed by atoms with Gasteiger partial charge in [0.05, 0.1) is 6.61 Å². The lowest BCUT2D eigenvalue weighted by Crippen LogP contribution is -2.42. The fourth-order valence-corrected chi connectivity index (χ4v) is 3.23. The van der Waals surface area contributed by atoms with Crippen LogP contribution in [0.25, 0.3) is 0 Å². The molecule has 0 aromatic carbocycles. The molecule has 2 saturated heterocycles. The van der Waals surface area contributed by atoms with Crippen LogP contribution in [0.3, 0.4) is 0 Å². The van der Waals surface area contributed by atoms with E-state index in [9.17, 15) is 4.79 Å². The molecule has 128 valence electrons. The van der Waals surface area contributed by atoms with E-state index in [4.69, 9.17) is 9.47 Å². The minimum atomic E-state index is -0.419. The van der Waals surface area contributed by atoms with Gasteiger partial charge >= 0.3 is 6.09 Å². The molecule has 5 heteroatoms. The van der Waals surface area contributed by atoms with E-state index in [-0.39, 0.29) is 6.09 Å². The van der Waals surface area contributed by atoms with Crippen molar-refractivity contribution in [1.82, 2.24) is 10.2 Å². The Hall–Kier alpha value is -0.810. The van der Waals surface area contributed by atoms with Crippen molar-refractivity contribution < 1.29 is 14.3 Å². The van der Waals surface area contributed by atoms with Crippen molar-refractivity contribution in [3.8, 4) is 0 Å². The number of nitrogens with one attached hydrogen (secondary N) is 1. The van der Waals surface area contributed by atoms with E-state index < -0.39 is 5.60 Å². The first-order valence-corrected chi connectivity index (χ1v) is 8.67. The normalized spacial score (nSPS) is 28.3. The van der Waals surface area contributed by atoms with Gasteiger partial charge in [0.1, 0.15) is 5.60 Å². The second kappa shape index (κ2) is 7.64. The van der Waals surface area contributed by atoms with Gasteiger partial charge in [0.25, 0.3) is 0 Å². The second-order valence-electron chi connectivity index (χ2n) is 7.67. The second-order valence-corrected chi connectivity index (χ2v) is 7.67. The molecule has 0 bridgehead atoms. The zero-order valence-electron chi connectivity index (χ0n) is 14.6. The highest BCUT2D eigenvalue weighted by molar-refractivity contribution is 5.68. The summed E-state index contributed by atoms with van der Waals surface area (Å²) in [5.74, 6) is 0.630. The lowest BCUT2D eigenvalue weighted by atomic mass is 9.98. The molecule has 0 radical (unpaired) electrons. The SMILES string of the molecule is CC(NC1CCCN(C(=O)OC(C)(C)C)CC1)C1CCOC1. The Balaban J connectivity index is 1.78. The van der Waals surface area contributed by atoms with Crippen LogP contribution in [-0.2, 0) is 9.47 Å². The maximum atomic E-state index is 12.2. The summed E-state index contributed by atoms with van der Waals surface area (Å²) in [6.45, 7) is 11.4. The first kappa shape index (κ1) is 17.5. The van der Waals surface area contributed by atoms with Crippen molar-refractivity contribution in [3.63, 3.8) is 0 Å². The number of hydrogen-bond acceptors (Lipinski definition) is 4. The summed E-state index contributed by atoms with van der Waals surface area (Å²) in [6, 6.07) is 0.976. The van der Waals surface area contributed by atoms with Crippen LogP contribution in [0.5, 0.6) is 0 Å². The molecule has 22 heavy (non-hydrogen) atoms. The molecule has 1 amide bonds. The zero-order chi connectivity index (χ0) is 16.2. The Morgan fingerprint density at radius 1 is 1.27 bits per heavy atom. The number of amides is 1. The Kier molecular flexibility index (Phi) is 6.09. The van der Waals surface area contributed by atoms with Gasteiger partial charge in [-0.25, -0.2) is 4.79 Å². The van der Waals surface area contributed by atoms with Crippen LogP contribution in [-0.4, -0.2) is 55.0 Å². The summed E-state index contributed by atoms with van der Waals surface area (Å²) in [6.07, 6.45) is 4.13. The zero-order valence-corrected chi connectivity index (χ0v) is 14.6. The molecular formula is C17H32N2O3. The number of rotatable bonds is 3. The average molecular weight is 312 g/mol. The summed E-state index contributed by atoms with van der Waals surface area (Å²) in [4.78, 5) is 14.0. The van der Waals surface area contributed by atoms with E-state index in [1.165, 1.54) is 0 Å². The maximum Gasteiger partial charge on any atom is 0.410 e. The summed E-state index contributed by atoms with van der Waals surface area (Å²) in [5, 5.41) is 3.75. The first-order valence-electron chi connectivity index (χ1n) is 8.67. The molecule has 0 aromatic heterocycles. The third kappa shape index (κ3) is 5.43. The van der Waals surface area contributed by atoms with Gasteiger partial charge in [-0.15, -0.1) is 0 Å². The van der Waals surface area contributed by atoms with E-state index in [0.29, 0.717) is 18.0 Å². The molecule has 2 rings (SSSR count). The number of nitrogens with zero attached hydrogens (tertiary/aromatic N) is 1. The van der Waals surface area contributed by atoms with Crippen molar-refractivity contribution in [1.29, 1.82) is 0 Å². The van der Waals surface area contributed by atoms with E-state index in [1.54, 1.807) is 0 Å². The molecular weight excluding hydrogens is 280 g/mol. The van der Waals surface area contributed by atoms with Crippen LogP contribution in [0.4, 0.5) is 4.79 Å². The van der Waals surface area contributed by atoms with Crippen molar-refractivity contribution in [3.05, 3.63) is 0 Å². The van der Waals surface area contributed by atoms with Crippen molar-refractivity contribution >= 4 is 6.09 Å². The standard InChI is InChI=1S/C17H32N2O3/c1-13(14-8-11-21-12-14)18-15-6-5-9-19(10-7-15)16(20)22-17(2,3)4/h13-15,18H,5-12H2,1-4H3. The van der Waals surface area contributed by atoms with Crippen LogP contribution >= 0.6 is 0 Å². The molecule has 2 aliphatic rings. The number of carbonyl (C=O) groups excluding carboxylic acids is 1. The average Bonchev–Trinajstić information content (AvgIpc) is 2.84. The molecule has 5 nitrogen and oxygen atoms in total. The molecule has 2 aliphatic heterocycles. The Morgan fingerprint density at radius 3 is 2.68 bits per heavy atom. The molecule has 1 N–H and O–H groups in total. The van der Waals surface area contributed by atoms with Crippen LogP contribution < -0.4 is 5.32 Å². The summed E-state index contributed by atoms with van der Waals surface area (Å²) in [5.41, 5.74) is -0.419. The smallest absolute Gasteiger partial charge is 0.410 e. The van der Waals surface area contributed by atoms with Gasteiger partial charge in [-0.1, -0.05) is 0 Å². The molecule has 0 spiro atoms. The molecule has 0 aliphatic carbocycles. The summed E-state index contributed by atoms with van der Waals surface area (Å²) < 4.78 is 11.0. The van der Waals surface area contributed by atoms with Crippen molar-refractivity contribution in [2.75, 3.05) is 26.3 Å². The van der Waals surface area contributed by atoms with Crippen LogP contribution in [0.15, 0.2) is 0 Å². The Labute approximate surface area is 134 Å². The first-order chi connectivity index (χ1) is 10.3. The monoisotopic (exact) mass is 312 g/mol. The van der Waals surface area contributed by atoms with Crippen molar-refractivity contribution in [2.24, 2.45) is 5.92 Å². The Morgan fingerprint density at radius 2 is 2.05 bits per heavy atom. The summed E-state index contributed by atoms with van der Waals surface area (Å²) in [7, 11) is 0. The molecule has 0 saturated carbocycles. The van der Waals surface area contributed by atoms with Gasteiger partial charge < -0.3 is 19.7 Å². The third-order valence-electron chi connectivity index (χ3n) is 4.55. The highest BCUT2D eigenvalue weighted by Crippen LogP contribution is 2.20.